The van der Waals surface area contributed by atoms with Gasteiger partial charge in [-0.2, -0.15) is 4.39 Å². The van der Waals surface area contributed by atoms with Crippen molar-refractivity contribution in [1.82, 2.24) is 0 Å². The SMILES string of the molecule is CCCCOc1ccc(C2CCC(C(=O)Oc3ccc(-c4ccc(OCCC)cc4)c(F)c3F)CC2)c(F)c1. The van der Waals surface area contributed by atoms with Gasteiger partial charge in [-0.1, -0.05) is 38.5 Å². The first-order valence-corrected chi connectivity index (χ1v) is 13.8. The van der Waals surface area contributed by atoms with Crippen LogP contribution in [-0.4, -0.2) is 19.2 Å². The van der Waals surface area contributed by atoms with E-state index in [4.69, 9.17) is 14.2 Å². The van der Waals surface area contributed by atoms with Crippen LogP contribution in [-0.2, 0) is 4.79 Å². The normalized spacial score (nSPS) is 17.1. The van der Waals surface area contributed by atoms with Crippen molar-refractivity contribution < 1.29 is 32.2 Å². The smallest absolute Gasteiger partial charge is 0.314 e. The molecular weight excluding hydrogens is 505 g/mol. The van der Waals surface area contributed by atoms with Gasteiger partial charge in [-0.15, -0.1) is 0 Å². The first-order valence-electron chi connectivity index (χ1n) is 13.8. The summed E-state index contributed by atoms with van der Waals surface area (Å²) in [4.78, 5) is 12.8. The molecule has 0 unspecified atom stereocenters. The Bertz CT molecular complexity index is 1250. The molecule has 0 heterocycles. The number of benzene rings is 3. The van der Waals surface area contributed by atoms with Gasteiger partial charge in [-0.05, 0) is 85.9 Å². The van der Waals surface area contributed by atoms with Crippen molar-refractivity contribution in [3.8, 4) is 28.4 Å². The second-order valence-corrected chi connectivity index (χ2v) is 9.97. The topological polar surface area (TPSA) is 44.8 Å². The Kier molecular flexibility index (Phi) is 9.90. The number of esters is 1. The van der Waals surface area contributed by atoms with E-state index in [1.165, 1.54) is 18.2 Å². The average Bonchev–Trinajstić information content (AvgIpc) is 2.95. The molecule has 0 aromatic heterocycles. The number of halogens is 3. The fraction of sp³-hybridized carbons (Fsp3) is 0.406. The van der Waals surface area contributed by atoms with Crippen molar-refractivity contribution >= 4 is 5.97 Å². The fourth-order valence-corrected chi connectivity index (χ4v) is 4.88. The van der Waals surface area contributed by atoms with E-state index >= 15 is 0 Å². The van der Waals surface area contributed by atoms with Gasteiger partial charge in [0.25, 0.3) is 0 Å². The molecule has 0 atom stereocenters. The predicted octanol–water partition coefficient (Wildman–Crippen LogP) is 8.62. The summed E-state index contributed by atoms with van der Waals surface area (Å²) in [6.07, 6.45) is 4.93. The van der Waals surface area contributed by atoms with Crippen LogP contribution in [0, 0.1) is 23.4 Å². The number of hydrogen-bond donors (Lipinski definition) is 0. The van der Waals surface area contributed by atoms with Crippen LogP contribution in [0.5, 0.6) is 17.2 Å². The van der Waals surface area contributed by atoms with Gasteiger partial charge >= 0.3 is 5.97 Å². The molecule has 7 heteroatoms. The Labute approximate surface area is 228 Å². The molecule has 208 valence electrons. The summed E-state index contributed by atoms with van der Waals surface area (Å²) in [6, 6.07) is 14.3. The molecular formula is C32H35F3O4. The Balaban J connectivity index is 1.34. The van der Waals surface area contributed by atoms with E-state index in [-0.39, 0.29) is 17.3 Å². The van der Waals surface area contributed by atoms with Gasteiger partial charge in [0.2, 0.25) is 5.82 Å². The Morgan fingerprint density at radius 1 is 0.795 bits per heavy atom. The quantitative estimate of drug-likeness (QED) is 0.139. The van der Waals surface area contributed by atoms with Gasteiger partial charge in [0.15, 0.2) is 11.6 Å². The molecule has 0 bridgehead atoms. The van der Waals surface area contributed by atoms with Crippen LogP contribution in [0.3, 0.4) is 0 Å². The molecule has 4 nitrogen and oxygen atoms in total. The molecule has 4 rings (SSSR count). The molecule has 0 radical (unpaired) electrons. The first kappa shape index (κ1) is 28.5. The highest BCUT2D eigenvalue weighted by atomic mass is 19.2. The van der Waals surface area contributed by atoms with Gasteiger partial charge in [0.1, 0.15) is 17.3 Å². The highest BCUT2D eigenvalue weighted by molar-refractivity contribution is 5.76. The zero-order valence-electron chi connectivity index (χ0n) is 22.5. The van der Waals surface area contributed by atoms with Gasteiger partial charge < -0.3 is 14.2 Å². The van der Waals surface area contributed by atoms with Crippen molar-refractivity contribution in [2.45, 2.75) is 64.7 Å². The number of hydrogen-bond acceptors (Lipinski definition) is 4. The second kappa shape index (κ2) is 13.5. The maximum absolute atomic E-state index is 14.9. The monoisotopic (exact) mass is 540 g/mol. The third kappa shape index (κ3) is 7.14. The van der Waals surface area contributed by atoms with Crippen molar-refractivity contribution in [2.24, 2.45) is 5.92 Å². The summed E-state index contributed by atoms with van der Waals surface area (Å²) in [5.74, 6) is -2.94. The van der Waals surface area contributed by atoms with Crippen LogP contribution in [0.15, 0.2) is 54.6 Å². The van der Waals surface area contributed by atoms with Gasteiger partial charge in [-0.25, -0.2) is 8.78 Å². The molecule has 1 fully saturated rings. The van der Waals surface area contributed by atoms with E-state index in [1.807, 2.05) is 6.92 Å². The minimum absolute atomic E-state index is 0.0223. The molecule has 1 saturated carbocycles. The zero-order valence-corrected chi connectivity index (χ0v) is 22.5. The molecule has 3 aromatic carbocycles. The van der Waals surface area contributed by atoms with Crippen LogP contribution >= 0.6 is 0 Å². The highest BCUT2D eigenvalue weighted by Gasteiger charge is 2.30. The van der Waals surface area contributed by atoms with Crippen molar-refractivity contribution in [1.29, 1.82) is 0 Å². The molecule has 1 aliphatic rings. The summed E-state index contributed by atoms with van der Waals surface area (Å²) in [7, 11) is 0. The molecule has 0 saturated heterocycles. The van der Waals surface area contributed by atoms with Crippen molar-refractivity contribution in [3.63, 3.8) is 0 Å². The number of ether oxygens (including phenoxy) is 3. The molecule has 1 aliphatic carbocycles. The third-order valence-corrected chi connectivity index (χ3v) is 7.13. The number of rotatable bonds is 11. The van der Waals surface area contributed by atoms with Crippen LogP contribution in [0.2, 0.25) is 0 Å². The molecule has 0 spiro atoms. The van der Waals surface area contributed by atoms with Crippen LogP contribution in [0.4, 0.5) is 13.2 Å². The van der Waals surface area contributed by atoms with Crippen LogP contribution in [0.25, 0.3) is 11.1 Å². The summed E-state index contributed by atoms with van der Waals surface area (Å²) >= 11 is 0. The lowest BCUT2D eigenvalue weighted by Crippen LogP contribution is -2.25. The fourth-order valence-electron chi connectivity index (χ4n) is 4.88. The van der Waals surface area contributed by atoms with E-state index in [9.17, 15) is 18.0 Å². The van der Waals surface area contributed by atoms with E-state index in [1.54, 1.807) is 36.4 Å². The molecule has 0 N–H and O–H groups in total. The summed E-state index contributed by atoms with van der Waals surface area (Å²) in [6.45, 7) is 5.19. The first-order chi connectivity index (χ1) is 18.9. The largest absolute Gasteiger partial charge is 0.494 e. The Hall–Kier alpha value is -3.48. The standard InChI is InChI=1S/C32H35F3O4/c1-3-5-19-38-25-14-15-26(28(33)20-25)21-6-8-23(9-7-21)32(36)39-29-17-16-27(30(34)31(29)35)22-10-12-24(13-11-22)37-18-4-2/h10-17,20-21,23H,3-9,18-19H2,1-2H3. The number of carbonyl (C=O) groups excluding carboxylic acids is 1. The van der Waals surface area contributed by atoms with Gasteiger partial charge in [-0.3, -0.25) is 4.79 Å². The minimum Gasteiger partial charge on any atom is -0.494 e. The zero-order chi connectivity index (χ0) is 27.8. The average molecular weight is 541 g/mol. The van der Waals surface area contributed by atoms with Crippen molar-refractivity contribution in [3.05, 3.63) is 77.6 Å². The second-order valence-electron chi connectivity index (χ2n) is 9.97. The Morgan fingerprint density at radius 3 is 2.15 bits per heavy atom. The summed E-state index contributed by atoms with van der Waals surface area (Å²) in [5.41, 5.74) is 1.16. The lowest BCUT2D eigenvalue weighted by Gasteiger charge is -2.28. The number of carbonyl (C=O) groups is 1. The van der Waals surface area contributed by atoms with Crippen LogP contribution < -0.4 is 14.2 Å². The van der Waals surface area contributed by atoms with E-state index in [0.29, 0.717) is 61.5 Å². The van der Waals surface area contributed by atoms with Gasteiger partial charge in [0.05, 0.1) is 19.1 Å². The maximum Gasteiger partial charge on any atom is 0.314 e. The van der Waals surface area contributed by atoms with E-state index < -0.39 is 29.3 Å². The molecule has 39 heavy (non-hydrogen) atoms. The lowest BCUT2D eigenvalue weighted by molar-refractivity contribution is -0.140. The van der Waals surface area contributed by atoms with Crippen molar-refractivity contribution in [2.75, 3.05) is 13.2 Å². The summed E-state index contributed by atoms with van der Waals surface area (Å²) < 4.78 is 60.9. The highest BCUT2D eigenvalue weighted by Crippen LogP contribution is 2.39. The number of unbranched alkanes of at least 4 members (excludes halogenated alkanes) is 1. The minimum atomic E-state index is -1.20. The van der Waals surface area contributed by atoms with Crippen LogP contribution in [0.1, 0.15) is 70.3 Å². The van der Waals surface area contributed by atoms with Gasteiger partial charge in [0, 0.05) is 11.6 Å². The summed E-state index contributed by atoms with van der Waals surface area (Å²) in [5, 5.41) is 0. The molecule has 3 aromatic rings. The maximum atomic E-state index is 14.9. The molecule has 0 amide bonds. The Morgan fingerprint density at radius 2 is 1.49 bits per heavy atom. The van der Waals surface area contributed by atoms with E-state index in [0.717, 1.165) is 19.3 Å². The lowest BCUT2D eigenvalue weighted by atomic mass is 9.78. The molecule has 0 aliphatic heterocycles. The third-order valence-electron chi connectivity index (χ3n) is 7.13. The predicted molar refractivity (Wildman–Crippen MR) is 145 cm³/mol. The van der Waals surface area contributed by atoms with E-state index in [2.05, 4.69) is 6.92 Å².